The van der Waals surface area contributed by atoms with E-state index in [0.717, 1.165) is 58.8 Å². The molecule has 248 valence electrons. The Bertz CT molecular complexity index is 3380. The summed E-state index contributed by atoms with van der Waals surface area (Å²) >= 11 is 3.49. The minimum atomic E-state index is 0.126. The zero-order valence-electron chi connectivity index (χ0n) is 29.6. The van der Waals surface area contributed by atoms with Crippen LogP contribution in [0.2, 0.25) is 0 Å². The number of rotatable bonds is 4. The van der Waals surface area contributed by atoms with Crippen LogP contribution in [0.3, 0.4) is 0 Å². The zero-order chi connectivity index (χ0) is 37.8. The van der Waals surface area contributed by atoms with Gasteiger partial charge >= 0.3 is 0 Å². The molecule has 0 aliphatic heterocycles. The highest BCUT2D eigenvalue weighted by atomic mass is 32.1. The molecule has 10 radical (unpaired) electrons. The second-order valence-corrected chi connectivity index (χ2v) is 16.0. The second kappa shape index (κ2) is 12.6. The molecule has 11 aromatic rings. The highest BCUT2D eigenvalue weighted by molar-refractivity contribution is 7.26. The molecule has 56 heavy (non-hydrogen) atoms. The zero-order valence-corrected chi connectivity index (χ0v) is 31.2. The van der Waals surface area contributed by atoms with Gasteiger partial charge in [0.05, 0.1) is 16.7 Å². The van der Waals surface area contributed by atoms with Crippen LogP contribution in [0.4, 0.5) is 0 Å². The first-order valence-corrected chi connectivity index (χ1v) is 19.6. The molecular weight excluding hydrogens is 715 g/mol. The van der Waals surface area contributed by atoms with E-state index in [4.69, 9.17) is 54.2 Å². The molecule has 7 aromatic carbocycles. The van der Waals surface area contributed by atoms with Crippen LogP contribution in [0, 0.1) is 0 Å². The highest BCUT2D eigenvalue weighted by Crippen LogP contribution is 2.43. The van der Waals surface area contributed by atoms with E-state index in [1.54, 1.807) is 22.7 Å². The predicted molar refractivity (Wildman–Crippen MR) is 243 cm³/mol. The van der Waals surface area contributed by atoms with Gasteiger partial charge in [0.2, 0.25) is 0 Å². The molecule has 0 spiro atoms. The summed E-state index contributed by atoms with van der Waals surface area (Å²) in [5.41, 5.74) is 6.08. The number of nitrogens with zero attached hydrogens (tertiary/aromatic N) is 4. The normalized spacial score (nSPS) is 11.9. The van der Waals surface area contributed by atoms with Gasteiger partial charge in [-0.05, 0) is 54.6 Å². The van der Waals surface area contributed by atoms with Gasteiger partial charge in [0.1, 0.15) is 39.2 Å². The van der Waals surface area contributed by atoms with E-state index in [9.17, 15) is 0 Å². The maximum atomic E-state index is 6.64. The van der Waals surface area contributed by atoms with Crippen LogP contribution in [0.15, 0.2) is 127 Å². The third kappa shape index (κ3) is 4.87. The predicted octanol–water partition coefficient (Wildman–Crippen LogP) is 6.67. The molecule has 4 nitrogen and oxygen atoms in total. The Morgan fingerprint density at radius 1 is 0.411 bits per heavy atom. The van der Waals surface area contributed by atoms with Gasteiger partial charge in [-0.2, -0.15) is 0 Å². The van der Waals surface area contributed by atoms with Crippen molar-refractivity contribution >= 4 is 151 Å². The lowest BCUT2D eigenvalue weighted by Crippen LogP contribution is -2.55. The number of thiophene rings is 2. The topological polar surface area (TPSA) is 43.6 Å². The molecule has 4 heterocycles. The van der Waals surface area contributed by atoms with E-state index in [1.165, 1.54) is 20.2 Å². The molecule has 0 N–H and O–H groups in total. The molecule has 4 aromatic heterocycles. The summed E-state index contributed by atoms with van der Waals surface area (Å²) in [4.78, 5) is 15.3. The monoisotopic (exact) mass is 736 g/mol. The summed E-state index contributed by atoms with van der Waals surface area (Å²) in [6, 6.07) is 44.6. The van der Waals surface area contributed by atoms with Crippen molar-refractivity contribution in [2.24, 2.45) is 0 Å². The maximum absolute atomic E-state index is 6.64. The molecule has 0 saturated heterocycles. The van der Waals surface area contributed by atoms with Crippen molar-refractivity contribution in [2.45, 2.75) is 0 Å². The average Bonchev–Trinajstić information content (AvgIpc) is 3.91. The number of hydrogen-bond donors (Lipinski definition) is 0. The third-order valence-corrected chi connectivity index (χ3v) is 13.0. The largest absolute Gasteiger partial charge is 0.309 e. The summed E-state index contributed by atoms with van der Waals surface area (Å²) in [6.07, 6.45) is 0. The summed E-state index contributed by atoms with van der Waals surface area (Å²) in [6.45, 7) is 0. The molecule has 11 rings (SSSR count). The first-order chi connectivity index (χ1) is 27.4. The van der Waals surface area contributed by atoms with E-state index in [0.29, 0.717) is 17.2 Å². The van der Waals surface area contributed by atoms with E-state index in [-0.39, 0.29) is 33.1 Å². The molecule has 0 aliphatic rings. The SMILES string of the molecule is [B]c1c([B])c([B])c(-c2nc(-c3ccc4sc5cccc(-n6c7ccccc7c7ccccc76)c5c4c3)nc(-c3cccc4sc5ccccc5c34)n2)c([B])c1[B]. The van der Waals surface area contributed by atoms with E-state index in [1.807, 2.05) is 18.2 Å². The van der Waals surface area contributed by atoms with Crippen LogP contribution >= 0.6 is 22.7 Å². The van der Waals surface area contributed by atoms with E-state index < -0.39 is 0 Å². The molecule has 0 atom stereocenters. The Morgan fingerprint density at radius 3 is 1.66 bits per heavy atom. The first kappa shape index (κ1) is 33.5. The van der Waals surface area contributed by atoms with Crippen molar-refractivity contribution in [3.05, 3.63) is 127 Å². The average molecular weight is 736 g/mol. The van der Waals surface area contributed by atoms with Gasteiger partial charge in [0.25, 0.3) is 0 Å². The van der Waals surface area contributed by atoms with Crippen molar-refractivity contribution in [3.8, 4) is 39.9 Å². The van der Waals surface area contributed by atoms with Crippen LogP contribution < -0.4 is 27.3 Å². The fraction of sp³-hybridized carbons (Fsp3) is 0. The summed E-state index contributed by atoms with van der Waals surface area (Å²) in [5, 5.41) is 6.84. The highest BCUT2D eigenvalue weighted by Gasteiger charge is 2.22. The number of aromatic nitrogens is 4. The minimum Gasteiger partial charge on any atom is -0.309 e. The molecule has 0 amide bonds. The molecule has 0 unspecified atom stereocenters. The van der Waals surface area contributed by atoms with Crippen molar-refractivity contribution in [2.75, 3.05) is 0 Å². The smallest absolute Gasteiger partial charge is 0.164 e. The van der Waals surface area contributed by atoms with Crippen molar-refractivity contribution in [3.63, 3.8) is 0 Å². The summed E-state index contributed by atoms with van der Waals surface area (Å²) in [7, 11) is 32.2. The Labute approximate surface area is 336 Å². The first-order valence-electron chi connectivity index (χ1n) is 18.0. The Kier molecular flexibility index (Phi) is 7.51. The Balaban J connectivity index is 1.19. The fourth-order valence-corrected chi connectivity index (χ4v) is 10.3. The second-order valence-electron chi connectivity index (χ2n) is 13.9. The van der Waals surface area contributed by atoms with E-state index >= 15 is 0 Å². The molecule has 0 aliphatic carbocycles. The molecule has 0 fully saturated rings. The van der Waals surface area contributed by atoms with Crippen molar-refractivity contribution in [1.82, 2.24) is 19.5 Å². The van der Waals surface area contributed by atoms with Gasteiger partial charge < -0.3 is 4.57 Å². The number of benzene rings is 7. The lowest BCUT2D eigenvalue weighted by molar-refractivity contribution is 1.08. The summed E-state index contributed by atoms with van der Waals surface area (Å²) < 4.78 is 6.99. The van der Waals surface area contributed by atoms with Crippen molar-refractivity contribution in [1.29, 1.82) is 0 Å². The molecular formula is C45H21B5N4S2. The van der Waals surface area contributed by atoms with E-state index in [2.05, 4.69) is 114 Å². The molecule has 11 heteroatoms. The van der Waals surface area contributed by atoms with Gasteiger partial charge in [-0.3, -0.25) is 0 Å². The Morgan fingerprint density at radius 2 is 0.946 bits per heavy atom. The van der Waals surface area contributed by atoms with Gasteiger partial charge in [-0.1, -0.05) is 83.7 Å². The van der Waals surface area contributed by atoms with Crippen LogP contribution in [-0.4, -0.2) is 58.8 Å². The van der Waals surface area contributed by atoms with Gasteiger partial charge in [0, 0.05) is 67.8 Å². The van der Waals surface area contributed by atoms with Gasteiger partial charge in [0.15, 0.2) is 17.5 Å². The number of fused-ring (bicyclic) bond motifs is 9. The Hall–Kier alpha value is -5.89. The standard InChI is InChI=1S/C45H21B5N4S2/c46-38-37(39(47)41(49)42(50)40(38)48)45-52-43(51-44(53-45)26-12-7-17-33-35(26)25-11-3-6-16-31(25)55-33)22-19-20-32-27(21-22)36-30(15-8-18-34(36)56-32)54-28-13-4-1-9-23(28)24-10-2-5-14-29(24)54/h1-21H. The summed E-state index contributed by atoms with van der Waals surface area (Å²) in [5.74, 6) is 1.16. The molecule has 0 saturated carbocycles. The maximum Gasteiger partial charge on any atom is 0.164 e. The molecule has 0 bridgehead atoms. The third-order valence-electron chi connectivity index (χ3n) is 10.8. The van der Waals surface area contributed by atoms with Crippen LogP contribution in [0.1, 0.15) is 0 Å². The van der Waals surface area contributed by atoms with Crippen LogP contribution in [-0.2, 0) is 0 Å². The van der Waals surface area contributed by atoms with Crippen LogP contribution in [0.5, 0.6) is 0 Å². The number of para-hydroxylation sites is 2. The van der Waals surface area contributed by atoms with Crippen LogP contribution in [0.25, 0.3) is 102 Å². The quantitative estimate of drug-likeness (QED) is 0.190. The van der Waals surface area contributed by atoms with Gasteiger partial charge in [-0.15, -0.1) is 39.1 Å². The number of hydrogen-bond acceptors (Lipinski definition) is 5. The lowest BCUT2D eigenvalue weighted by Gasteiger charge is -2.20. The van der Waals surface area contributed by atoms with Crippen molar-refractivity contribution < 1.29 is 0 Å². The lowest BCUT2D eigenvalue weighted by atomic mass is 9.60. The fourth-order valence-electron chi connectivity index (χ4n) is 8.10. The van der Waals surface area contributed by atoms with Gasteiger partial charge in [-0.25, -0.2) is 15.0 Å². The minimum absolute atomic E-state index is 0.126.